The molecule has 1 heterocycles. The molecule has 24 heavy (non-hydrogen) atoms. The smallest absolute Gasteiger partial charge is 0.255 e. The van der Waals surface area contributed by atoms with E-state index in [4.69, 9.17) is 0 Å². The molecule has 1 aromatic heterocycles. The van der Waals surface area contributed by atoms with E-state index < -0.39 is 26.6 Å². The van der Waals surface area contributed by atoms with E-state index in [-0.39, 0.29) is 18.7 Å². The number of anilines is 1. The Morgan fingerprint density at radius 2 is 1.96 bits per heavy atom. The summed E-state index contributed by atoms with van der Waals surface area (Å²) in [6.07, 6.45) is 3.01. The summed E-state index contributed by atoms with van der Waals surface area (Å²) in [5, 5.41) is 2.58. The van der Waals surface area contributed by atoms with Crippen molar-refractivity contribution in [3.05, 3.63) is 54.1 Å². The van der Waals surface area contributed by atoms with E-state index in [0.29, 0.717) is 5.69 Å². The fraction of sp³-hybridized carbons (Fsp3) is 0.250. The van der Waals surface area contributed by atoms with E-state index in [2.05, 4.69) is 10.3 Å². The number of hydrogen-bond donors (Lipinski definition) is 1. The molecular formula is C16H18FN3O3S. The van der Waals surface area contributed by atoms with Crippen LogP contribution in [-0.4, -0.2) is 36.7 Å². The molecule has 8 heteroatoms. The maximum atomic E-state index is 14.0. The number of sulfonamides is 1. The standard InChI is InChI=1S/C16H18FN3O3S/c1-3-20(4-2)24(22,23)15-10-12(7-8-14(15)17)16(21)19-13-6-5-9-18-11-13/h5-11H,3-4H2,1-2H3,(H,19,21). The zero-order chi connectivity index (χ0) is 17.7. The van der Waals surface area contributed by atoms with Crippen LogP contribution < -0.4 is 5.32 Å². The summed E-state index contributed by atoms with van der Waals surface area (Å²) >= 11 is 0. The molecule has 1 aromatic carbocycles. The van der Waals surface area contributed by atoms with Gasteiger partial charge in [0.1, 0.15) is 10.7 Å². The van der Waals surface area contributed by atoms with Gasteiger partial charge in [0.25, 0.3) is 5.91 Å². The number of nitrogens with one attached hydrogen (secondary N) is 1. The summed E-state index contributed by atoms with van der Waals surface area (Å²) in [4.78, 5) is 15.6. The summed E-state index contributed by atoms with van der Waals surface area (Å²) in [5.41, 5.74) is 0.506. The SMILES string of the molecule is CCN(CC)S(=O)(=O)c1cc(C(=O)Nc2cccnc2)ccc1F. The van der Waals surface area contributed by atoms with E-state index in [9.17, 15) is 17.6 Å². The number of benzene rings is 1. The van der Waals surface area contributed by atoms with Crippen LogP contribution >= 0.6 is 0 Å². The van der Waals surface area contributed by atoms with Gasteiger partial charge in [-0.25, -0.2) is 12.8 Å². The second kappa shape index (κ2) is 7.50. The molecular weight excluding hydrogens is 333 g/mol. The van der Waals surface area contributed by atoms with Crippen molar-refractivity contribution in [1.29, 1.82) is 0 Å². The zero-order valence-corrected chi connectivity index (χ0v) is 14.2. The minimum absolute atomic E-state index is 0.0472. The lowest BCUT2D eigenvalue weighted by atomic mass is 10.2. The fourth-order valence-electron chi connectivity index (χ4n) is 2.18. The number of carbonyl (C=O) groups is 1. The second-order valence-electron chi connectivity index (χ2n) is 4.93. The van der Waals surface area contributed by atoms with Gasteiger partial charge < -0.3 is 5.32 Å². The predicted molar refractivity (Wildman–Crippen MR) is 88.7 cm³/mol. The number of amides is 1. The van der Waals surface area contributed by atoms with E-state index in [1.807, 2.05) is 0 Å². The van der Waals surface area contributed by atoms with Crippen LogP contribution in [0.4, 0.5) is 10.1 Å². The molecule has 0 unspecified atom stereocenters. The van der Waals surface area contributed by atoms with E-state index in [0.717, 1.165) is 16.4 Å². The van der Waals surface area contributed by atoms with Crippen molar-refractivity contribution in [2.45, 2.75) is 18.7 Å². The Morgan fingerprint density at radius 1 is 1.25 bits per heavy atom. The Balaban J connectivity index is 2.36. The first-order chi connectivity index (χ1) is 11.4. The summed E-state index contributed by atoms with van der Waals surface area (Å²) in [7, 11) is -3.99. The molecule has 0 saturated heterocycles. The lowest BCUT2D eigenvalue weighted by Crippen LogP contribution is -2.31. The highest BCUT2D eigenvalue weighted by atomic mass is 32.2. The molecule has 2 aromatic rings. The van der Waals surface area contributed by atoms with Gasteiger partial charge in [0.15, 0.2) is 0 Å². The first kappa shape index (κ1) is 18.0. The summed E-state index contributed by atoms with van der Waals surface area (Å²) in [5.74, 6) is -1.43. The second-order valence-corrected chi connectivity index (χ2v) is 6.84. The molecule has 1 amide bonds. The molecule has 0 aliphatic carbocycles. The summed E-state index contributed by atoms with van der Waals surface area (Å²) in [6.45, 7) is 3.75. The predicted octanol–water partition coefficient (Wildman–Crippen LogP) is 2.50. The minimum Gasteiger partial charge on any atom is -0.321 e. The van der Waals surface area contributed by atoms with Crippen molar-refractivity contribution in [1.82, 2.24) is 9.29 Å². The molecule has 6 nitrogen and oxygen atoms in total. The third-order valence-electron chi connectivity index (χ3n) is 3.44. The number of aromatic nitrogens is 1. The summed E-state index contributed by atoms with van der Waals surface area (Å²) in [6, 6.07) is 6.56. The van der Waals surface area contributed by atoms with Gasteiger partial charge in [-0.05, 0) is 30.3 Å². The molecule has 128 valence electrons. The van der Waals surface area contributed by atoms with E-state index in [1.165, 1.54) is 12.3 Å². The van der Waals surface area contributed by atoms with Gasteiger partial charge in [0.2, 0.25) is 10.0 Å². The maximum Gasteiger partial charge on any atom is 0.255 e. The van der Waals surface area contributed by atoms with E-state index >= 15 is 0 Å². The fourth-order valence-corrected chi connectivity index (χ4v) is 3.73. The third kappa shape index (κ3) is 3.77. The van der Waals surface area contributed by atoms with Gasteiger partial charge in [-0.1, -0.05) is 13.8 Å². The first-order valence-electron chi connectivity index (χ1n) is 7.41. The zero-order valence-electron chi connectivity index (χ0n) is 13.4. The molecule has 1 N–H and O–H groups in total. The lowest BCUT2D eigenvalue weighted by molar-refractivity contribution is 0.102. The number of carbonyl (C=O) groups excluding carboxylic acids is 1. The molecule has 0 atom stereocenters. The lowest BCUT2D eigenvalue weighted by Gasteiger charge is -2.19. The number of hydrogen-bond acceptors (Lipinski definition) is 4. The number of nitrogens with zero attached hydrogens (tertiary/aromatic N) is 2. The molecule has 0 bridgehead atoms. The molecule has 0 aliphatic rings. The van der Waals surface area contributed by atoms with Gasteiger partial charge in [-0.15, -0.1) is 0 Å². The number of halogens is 1. The Labute approximate surface area is 140 Å². The highest BCUT2D eigenvalue weighted by Gasteiger charge is 2.26. The highest BCUT2D eigenvalue weighted by Crippen LogP contribution is 2.21. The van der Waals surface area contributed by atoms with Gasteiger partial charge in [-0.2, -0.15) is 4.31 Å². The van der Waals surface area contributed by atoms with Crippen LogP contribution in [0.15, 0.2) is 47.6 Å². The van der Waals surface area contributed by atoms with Crippen LogP contribution in [0.3, 0.4) is 0 Å². The van der Waals surface area contributed by atoms with Crippen LogP contribution in [0.25, 0.3) is 0 Å². The minimum atomic E-state index is -3.99. The van der Waals surface area contributed by atoms with Crippen LogP contribution in [-0.2, 0) is 10.0 Å². The Kier molecular flexibility index (Phi) is 5.63. The van der Waals surface area contributed by atoms with Crippen molar-refractivity contribution in [2.75, 3.05) is 18.4 Å². The average molecular weight is 351 g/mol. The molecule has 0 saturated carbocycles. The Morgan fingerprint density at radius 3 is 2.54 bits per heavy atom. The number of rotatable bonds is 6. The first-order valence-corrected chi connectivity index (χ1v) is 8.85. The van der Waals surface area contributed by atoms with Crippen LogP contribution in [0.2, 0.25) is 0 Å². The van der Waals surface area contributed by atoms with Crippen molar-refractivity contribution >= 4 is 21.6 Å². The van der Waals surface area contributed by atoms with Crippen LogP contribution in [0.1, 0.15) is 24.2 Å². The quantitative estimate of drug-likeness (QED) is 0.867. The highest BCUT2D eigenvalue weighted by molar-refractivity contribution is 7.89. The van der Waals surface area contributed by atoms with Gasteiger partial charge in [0, 0.05) is 24.8 Å². The Bertz CT molecular complexity index is 822. The van der Waals surface area contributed by atoms with Crippen LogP contribution in [0.5, 0.6) is 0 Å². The van der Waals surface area contributed by atoms with Gasteiger partial charge in [0.05, 0.1) is 11.9 Å². The maximum absolute atomic E-state index is 14.0. The Hall–Kier alpha value is -2.32. The largest absolute Gasteiger partial charge is 0.321 e. The molecule has 0 aliphatic heterocycles. The topological polar surface area (TPSA) is 79.4 Å². The average Bonchev–Trinajstić information content (AvgIpc) is 2.56. The van der Waals surface area contributed by atoms with Crippen molar-refractivity contribution < 1.29 is 17.6 Å². The molecule has 2 rings (SSSR count). The normalized spacial score (nSPS) is 11.5. The monoisotopic (exact) mass is 351 g/mol. The van der Waals surface area contributed by atoms with Crippen molar-refractivity contribution in [2.24, 2.45) is 0 Å². The summed E-state index contributed by atoms with van der Waals surface area (Å²) < 4.78 is 40.2. The van der Waals surface area contributed by atoms with Gasteiger partial charge >= 0.3 is 0 Å². The van der Waals surface area contributed by atoms with E-state index in [1.54, 1.807) is 32.2 Å². The van der Waals surface area contributed by atoms with Gasteiger partial charge in [-0.3, -0.25) is 9.78 Å². The molecule has 0 radical (unpaired) electrons. The van der Waals surface area contributed by atoms with Crippen LogP contribution in [0, 0.1) is 5.82 Å². The molecule has 0 fully saturated rings. The number of pyridine rings is 1. The molecule has 0 spiro atoms. The third-order valence-corrected chi connectivity index (χ3v) is 5.50. The van der Waals surface area contributed by atoms with Crippen molar-refractivity contribution in [3.63, 3.8) is 0 Å². The van der Waals surface area contributed by atoms with Crippen molar-refractivity contribution in [3.8, 4) is 0 Å².